The predicted molar refractivity (Wildman–Crippen MR) is 61.1 cm³/mol. The fourth-order valence-electron chi connectivity index (χ4n) is 1.59. The van der Waals surface area contributed by atoms with Crippen molar-refractivity contribution >= 4 is 5.91 Å². The molecule has 0 aromatic heterocycles. The van der Waals surface area contributed by atoms with Gasteiger partial charge in [-0.15, -0.1) is 0 Å². The second kappa shape index (κ2) is 5.75. The molecule has 0 radical (unpaired) electrons. The first-order valence-electron chi connectivity index (χ1n) is 5.46. The van der Waals surface area contributed by atoms with Crippen molar-refractivity contribution in [3.8, 4) is 6.07 Å². The van der Waals surface area contributed by atoms with Crippen molar-refractivity contribution in [2.24, 2.45) is 11.3 Å². The zero-order valence-corrected chi connectivity index (χ0v) is 10.5. The van der Waals surface area contributed by atoms with Crippen molar-refractivity contribution in [1.82, 2.24) is 4.90 Å². The first-order chi connectivity index (χ1) is 6.81. The van der Waals surface area contributed by atoms with Crippen molar-refractivity contribution < 1.29 is 4.79 Å². The minimum absolute atomic E-state index is 0.0470. The van der Waals surface area contributed by atoms with Gasteiger partial charge in [-0.05, 0) is 11.8 Å². The molecule has 0 saturated carbocycles. The molecule has 0 heterocycles. The molecule has 0 aliphatic rings. The van der Waals surface area contributed by atoms with Crippen LogP contribution in [0.15, 0.2) is 0 Å². The molecule has 0 saturated heterocycles. The molecule has 0 aliphatic carbocycles. The summed E-state index contributed by atoms with van der Waals surface area (Å²) in [5.41, 5.74) is 0.0800. The molecule has 86 valence electrons. The Morgan fingerprint density at radius 2 is 2.00 bits per heavy atom. The van der Waals surface area contributed by atoms with Crippen molar-refractivity contribution in [1.29, 1.82) is 5.26 Å². The van der Waals surface area contributed by atoms with E-state index < -0.39 is 5.92 Å². The van der Waals surface area contributed by atoms with Gasteiger partial charge in [-0.2, -0.15) is 5.26 Å². The van der Waals surface area contributed by atoms with Gasteiger partial charge >= 0.3 is 0 Å². The lowest BCUT2D eigenvalue weighted by atomic mass is 9.95. The lowest BCUT2D eigenvalue weighted by Crippen LogP contribution is -2.38. The van der Waals surface area contributed by atoms with E-state index in [1.807, 2.05) is 6.92 Å². The molecule has 0 N–H and O–H groups in total. The normalized spacial score (nSPS) is 13.1. The number of carbonyl (C=O) groups is 1. The number of nitriles is 1. The number of rotatable bonds is 4. The maximum absolute atomic E-state index is 11.8. The van der Waals surface area contributed by atoms with Gasteiger partial charge in [-0.3, -0.25) is 4.79 Å². The number of amides is 1. The van der Waals surface area contributed by atoms with E-state index in [2.05, 4.69) is 26.8 Å². The molecule has 0 rings (SSSR count). The highest BCUT2D eigenvalue weighted by Gasteiger charge is 2.24. The third-order valence-corrected chi connectivity index (χ3v) is 2.12. The van der Waals surface area contributed by atoms with Crippen LogP contribution in [0.2, 0.25) is 0 Å². The fraction of sp³-hybridized carbons (Fsp3) is 0.833. The van der Waals surface area contributed by atoms with Crippen molar-refractivity contribution in [3.05, 3.63) is 0 Å². The van der Waals surface area contributed by atoms with E-state index in [1.165, 1.54) is 0 Å². The first-order valence-corrected chi connectivity index (χ1v) is 5.46. The second-order valence-corrected chi connectivity index (χ2v) is 5.23. The van der Waals surface area contributed by atoms with Gasteiger partial charge in [0.15, 0.2) is 0 Å². The van der Waals surface area contributed by atoms with Crippen molar-refractivity contribution in [2.45, 2.75) is 40.5 Å². The monoisotopic (exact) mass is 210 g/mol. The van der Waals surface area contributed by atoms with E-state index in [1.54, 1.807) is 11.9 Å². The highest BCUT2D eigenvalue weighted by atomic mass is 16.2. The summed E-state index contributed by atoms with van der Waals surface area (Å²) in [5.74, 6) is -0.517. The van der Waals surface area contributed by atoms with E-state index in [9.17, 15) is 4.79 Å². The molecule has 1 unspecified atom stereocenters. The number of hydrogen-bond acceptors (Lipinski definition) is 2. The highest BCUT2D eigenvalue weighted by Crippen LogP contribution is 2.16. The summed E-state index contributed by atoms with van der Waals surface area (Å²) in [4.78, 5) is 13.5. The Balaban J connectivity index is 4.37. The van der Waals surface area contributed by atoms with Crippen LogP contribution in [-0.2, 0) is 4.79 Å². The molecular formula is C12H22N2O. The van der Waals surface area contributed by atoms with Crippen LogP contribution in [-0.4, -0.2) is 24.4 Å². The Morgan fingerprint density at radius 1 is 1.47 bits per heavy atom. The molecule has 1 atom stereocenters. The lowest BCUT2D eigenvalue weighted by Gasteiger charge is -2.27. The van der Waals surface area contributed by atoms with E-state index in [0.29, 0.717) is 13.0 Å². The zero-order valence-electron chi connectivity index (χ0n) is 10.5. The van der Waals surface area contributed by atoms with Crippen LogP contribution in [0.5, 0.6) is 0 Å². The van der Waals surface area contributed by atoms with Gasteiger partial charge in [-0.1, -0.05) is 34.1 Å². The highest BCUT2D eigenvalue weighted by molar-refractivity contribution is 5.80. The van der Waals surface area contributed by atoms with Crippen LogP contribution < -0.4 is 0 Å². The Kier molecular flexibility index (Phi) is 5.35. The molecule has 0 spiro atoms. The third-order valence-electron chi connectivity index (χ3n) is 2.12. The molecular weight excluding hydrogens is 188 g/mol. The van der Waals surface area contributed by atoms with Crippen LogP contribution in [0.1, 0.15) is 40.5 Å². The standard InChI is InChI=1S/C12H22N2O/c1-6-7-10(8-13)11(15)14(5)9-12(2,3)4/h10H,6-7,9H2,1-5H3. The van der Waals surface area contributed by atoms with Crippen molar-refractivity contribution in [2.75, 3.05) is 13.6 Å². The predicted octanol–water partition coefficient (Wildman–Crippen LogP) is 2.43. The maximum Gasteiger partial charge on any atom is 0.239 e. The number of carbonyl (C=O) groups excluding carboxylic acids is 1. The van der Waals surface area contributed by atoms with Crippen molar-refractivity contribution in [3.63, 3.8) is 0 Å². The second-order valence-electron chi connectivity index (χ2n) is 5.23. The minimum Gasteiger partial charge on any atom is -0.344 e. The number of nitrogens with zero attached hydrogens (tertiary/aromatic N) is 2. The summed E-state index contributed by atoms with van der Waals surface area (Å²) >= 11 is 0. The lowest BCUT2D eigenvalue weighted by molar-refractivity contribution is -0.133. The van der Waals surface area contributed by atoms with Gasteiger partial charge in [0.1, 0.15) is 5.92 Å². The fourth-order valence-corrected chi connectivity index (χ4v) is 1.59. The average molecular weight is 210 g/mol. The summed E-state index contributed by atoms with van der Waals surface area (Å²) in [6.07, 6.45) is 1.52. The smallest absolute Gasteiger partial charge is 0.239 e. The average Bonchev–Trinajstić information content (AvgIpc) is 2.10. The molecule has 3 nitrogen and oxygen atoms in total. The van der Waals surface area contributed by atoms with Crippen LogP contribution in [0, 0.1) is 22.7 Å². The molecule has 0 aromatic rings. The summed E-state index contributed by atoms with van der Waals surface area (Å²) in [6.45, 7) is 8.92. The Morgan fingerprint density at radius 3 is 2.33 bits per heavy atom. The Bertz CT molecular complexity index is 247. The maximum atomic E-state index is 11.8. The van der Waals surface area contributed by atoms with Crippen LogP contribution in [0.25, 0.3) is 0 Å². The van der Waals surface area contributed by atoms with E-state index in [4.69, 9.17) is 5.26 Å². The molecule has 0 aromatic carbocycles. The van der Waals surface area contributed by atoms with Crippen LogP contribution in [0.3, 0.4) is 0 Å². The zero-order chi connectivity index (χ0) is 12.1. The largest absolute Gasteiger partial charge is 0.344 e. The van der Waals surface area contributed by atoms with Gasteiger partial charge < -0.3 is 4.90 Å². The molecule has 1 amide bonds. The Hall–Kier alpha value is -1.04. The molecule has 15 heavy (non-hydrogen) atoms. The number of hydrogen-bond donors (Lipinski definition) is 0. The minimum atomic E-state index is -0.470. The van der Waals surface area contributed by atoms with Gasteiger partial charge in [0.2, 0.25) is 5.91 Å². The van der Waals surface area contributed by atoms with E-state index in [-0.39, 0.29) is 11.3 Å². The van der Waals surface area contributed by atoms with Crippen LogP contribution in [0.4, 0.5) is 0 Å². The van der Waals surface area contributed by atoms with E-state index >= 15 is 0 Å². The molecule has 3 heteroatoms. The van der Waals surface area contributed by atoms with Crippen LogP contribution >= 0.6 is 0 Å². The summed E-state index contributed by atoms with van der Waals surface area (Å²) in [6, 6.07) is 2.08. The SMILES string of the molecule is CCCC(C#N)C(=O)N(C)CC(C)(C)C. The molecule has 0 bridgehead atoms. The first kappa shape index (κ1) is 14.0. The summed E-state index contributed by atoms with van der Waals surface area (Å²) in [5, 5.41) is 8.88. The Labute approximate surface area is 93.1 Å². The molecule has 0 aliphatic heterocycles. The van der Waals surface area contributed by atoms with Gasteiger partial charge in [-0.25, -0.2) is 0 Å². The quantitative estimate of drug-likeness (QED) is 0.715. The van der Waals surface area contributed by atoms with Gasteiger partial charge in [0, 0.05) is 13.6 Å². The summed E-state index contributed by atoms with van der Waals surface area (Å²) in [7, 11) is 1.77. The molecule has 0 fully saturated rings. The topological polar surface area (TPSA) is 44.1 Å². The van der Waals surface area contributed by atoms with Gasteiger partial charge in [0.05, 0.1) is 6.07 Å². The van der Waals surface area contributed by atoms with Gasteiger partial charge in [0.25, 0.3) is 0 Å². The summed E-state index contributed by atoms with van der Waals surface area (Å²) < 4.78 is 0. The van der Waals surface area contributed by atoms with E-state index in [0.717, 1.165) is 6.42 Å². The third kappa shape index (κ3) is 5.41.